The lowest BCUT2D eigenvalue weighted by Gasteiger charge is -2.05. The van der Waals surface area contributed by atoms with Crippen LogP contribution < -0.4 is 11.5 Å². The van der Waals surface area contributed by atoms with Crippen LogP contribution in [0, 0.1) is 0 Å². The molecule has 0 atom stereocenters. The molecule has 5 heteroatoms. The number of aromatic nitrogens is 2. The first-order valence-corrected chi connectivity index (χ1v) is 6.16. The van der Waals surface area contributed by atoms with Crippen molar-refractivity contribution in [1.29, 1.82) is 0 Å². The van der Waals surface area contributed by atoms with E-state index in [9.17, 15) is 5.11 Å². The van der Waals surface area contributed by atoms with E-state index in [1.807, 2.05) is 44.2 Å². The number of nitrogens with one attached hydrogen (secondary N) is 1. The third-order valence-corrected chi connectivity index (χ3v) is 2.47. The van der Waals surface area contributed by atoms with Crippen molar-refractivity contribution in [2.45, 2.75) is 20.8 Å². The molecule has 1 aromatic heterocycles. The van der Waals surface area contributed by atoms with E-state index in [2.05, 4.69) is 10.2 Å². The van der Waals surface area contributed by atoms with E-state index in [0.29, 0.717) is 17.0 Å². The Hall–Kier alpha value is -2.43. The molecule has 0 aliphatic rings. The molecule has 0 fully saturated rings. The summed E-state index contributed by atoms with van der Waals surface area (Å²) in [6.45, 7) is 5.61. The summed E-state index contributed by atoms with van der Waals surface area (Å²) in [7, 11) is 0. The fourth-order valence-electron chi connectivity index (χ4n) is 1.61. The number of aliphatic hydroxyl groups is 1. The second-order valence-corrected chi connectivity index (χ2v) is 3.76. The molecule has 0 bridgehead atoms. The van der Waals surface area contributed by atoms with Gasteiger partial charge < -0.3 is 16.6 Å². The summed E-state index contributed by atoms with van der Waals surface area (Å²) in [5, 5.41) is 16.6. The van der Waals surface area contributed by atoms with Gasteiger partial charge in [0.2, 0.25) is 0 Å². The minimum Gasteiger partial charge on any atom is -0.505 e. The van der Waals surface area contributed by atoms with Crippen molar-refractivity contribution in [1.82, 2.24) is 10.2 Å². The maximum atomic E-state index is 9.92. The lowest BCUT2D eigenvalue weighted by Crippen LogP contribution is -2.00. The van der Waals surface area contributed by atoms with E-state index in [1.54, 1.807) is 6.92 Å². The van der Waals surface area contributed by atoms with Crippen LogP contribution in [0.15, 0.2) is 36.0 Å². The summed E-state index contributed by atoms with van der Waals surface area (Å²) in [6.07, 6.45) is 0. The molecule has 0 aliphatic carbocycles. The maximum Gasteiger partial charge on any atom is 0.156 e. The summed E-state index contributed by atoms with van der Waals surface area (Å²) in [5.74, 6) is 0.182. The molecule has 0 spiro atoms. The molecule has 5 nitrogen and oxygen atoms in total. The van der Waals surface area contributed by atoms with Crippen molar-refractivity contribution in [3.8, 4) is 11.3 Å². The first kappa shape index (κ1) is 14.6. The summed E-state index contributed by atoms with van der Waals surface area (Å²) >= 11 is 0. The molecule has 0 unspecified atom stereocenters. The van der Waals surface area contributed by atoms with Gasteiger partial charge in [0.25, 0.3) is 0 Å². The quantitative estimate of drug-likeness (QED) is 0.623. The van der Waals surface area contributed by atoms with Gasteiger partial charge in [0.1, 0.15) is 5.76 Å². The Labute approximate surface area is 113 Å². The van der Waals surface area contributed by atoms with Crippen molar-refractivity contribution in [3.63, 3.8) is 0 Å². The Morgan fingerprint density at radius 1 is 1.21 bits per heavy atom. The van der Waals surface area contributed by atoms with E-state index >= 15 is 0 Å². The first-order chi connectivity index (χ1) is 9.11. The standard InChI is InChI=1S/C12H14N4O.C2H6/c1-7(13)11(17)9-10(15-16-12(9)14)8-5-3-2-4-6-8;1-2/h2-6,17H,13H2,1H3,(H3,14,15,16);1-2H3/b11-7+;. The number of nitrogens with zero attached hydrogens (tertiary/aromatic N) is 1. The maximum absolute atomic E-state index is 9.92. The van der Waals surface area contributed by atoms with E-state index < -0.39 is 0 Å². The third kappa shape index (κ3) is 3.07. The number of nitrogen functional groups attached to an aromatic ring is 1. The molecular weight excluding hydrogens is 240 g/mol. The fourth-order valence-corrected chi connectivity index (χ4v) is 1.61. The van der Waals surface area contributed by atoms with Crippen LogP contribution in [0.4, 0.5) is 5.82 Å². The van der Waals surface area contributed by atoms with Crippen molar-refractivity contribution in [2.24, 2.45) is 5.73 Å². The number of rotatable bonds is 2. The van der Waals surface area contributed by atoms with Crippen molar-refractivity contribution >= 4 is 11.6 Å². The Morgan fingerprint density at radius 3 is 2.32 bits per heavy atom. The molecule has 1 heterocycles. The van der Waals surface area contributed by atoms with Crippen LogP contribution in [0.1, 0.15) is 26.3 Å². The Bertz CT molecular complexity index is 554. The molecule has 0 amide bonds. The molecule has 1 aromatic carbocycles. The van der Waals surface area contributed by atoms with Crippen molar-refractivity contribution in [3.05, 3.63) is 41.6 Å². The molecule has 0 radical (unpaired) electrons. The van der Waals surface area contributed by atoms with Gasteiger partial charge in [-0.05, 0) is 6.92 Å². The van der Waals surface area contributed by atoms with Gasteiger partial charge in [0.15, 0.2) is 5.82 Å². The minimum absolute atomic E-state index is 0.0462. The van der Waals surface area contributed by atoms with Crippen LogP contribution >= 0.6 is 0 Å². The van der Waals surface area contributed by atoms with E-state index in [1.165, 1.54) is 0 Å². The van der Waals surface area contributed by atoms with Gasteiger partial charge in [-0.3, -0.25) is 5.10 Å². The van der Waals surface area contributed by atoms with Crippen LogP contribution in [0.2, 0.25) is 0 Å². The number of benzene rings is 1. The molecule has 0 saturated carbocycles. The number of anilines is 1. The minimum atomic E-state index is -0.0462. The Morgan fingerprint density at radius 2 is 1.79 bits per heavy atom. The highest BCUT2D eigenvalue weighted by atomic mass is 16.3. The smallest absolute Gasteiger partial charge is 0.156 e. The highest BCUT2D eigenvalue weighted by Gasteiger charge is 2.17. The zero-order valence-corrected chi connectivity index (χ0v) is 11.4. The number of nitrogens with two attached hydrogens (primary N) is 2. The van der Waals surface area contributed by atoms with Crippen LogP contribution in [-0.4, -0.2) is 15.3 Å². The zero-order chi connectivity index (χ0) is 14.4. The molecule has 2 rings (SSSR count). The van der Waals surface area contributed by atoms with E-state index in [-0.39, 0.29) is 11.6 Å². The molecule has 19 heavy (non-hydrogen) atoms. The lowest BCUT2D eigenvalue weighted by molar-refractivity contribution is 0.506. The molecule has 102 valence electrons. The predicted molar refractivity (Wildman–Crippen MR) is 79.2 cm³/mol. The second kappa shape index (κ2) is 6.49. The molecule has 2 aromatic rings. The van der Waals surface area contributed by atoms with Gasteiger partial charge in [0, 0.05) is 11.3 Å². The summed E-state index contributed by atoms with van der Waals surface area (Å²) < 4.78 is 0. The van der Waals surface area contributed by atoms with Crippen LogP contribution in [-0.2, 0) is 0 Å². The van der Waals surface area contributed by atoms with Crippen LogP contribution in [0.5, 0.6) is 0 Å². The molecule has 6 N–H and O–H groups in total. The normalized spacial score (nSPS) is 11.3. The van der Waals surface area contributed by atoms with Gasteiger partial charge in [-0.15, -0.1) is 0 Å². The number of aromatic amines is 1. The van der Waals surface area contributed by atoms with Crippen molar-refractivity contribution < 1.29 is 5.11 Å². The number of allylic oxidation sites excluding steroid dienone is 1. The van der Waals surface area contributed by atoms with Crippen molar-refractivity contribution in [2.75, 3.05) is 5.73 Å². The average molecular weight is 260 g/mol. The van der Waals surface area contributed by atoms with Gasteiger partial charge in [-0.1, -0.05) is 44.2 Å². The highest BCUT2D eigenvalue weighted by molar-refractivity contribution is 5.82. The van der Waals surface area contributed by atoms with E-state index in [4.69, 9.17) is 11.5 Å². The predicted octanol–water partition coefficient (Wildman–Crippen LogP) is 2.89. The number of aliphatic hydroxyl groups excluding tert-OH is 1. The second-order valence-electron chi connectivity index (χ2n) is 3.76. The van der Waals surface area contributed by atoms with Crippen LogP contribution in [0.3, 0.4) is 0 Å². The van der Waals surface area contributed by atoms with Gasteiger partial charge in [-0.2, -0.15) is 5.10 Å². The fraction of sp³-hybridized carbons (Fsp3) is 0.214. The molecule has 0 aliphatic heterocycles. The molecule has 0 saturated heterocycles. The zero-order valence-electron chi connectivity index (χ0n) is 11.4. The average Bonchev–Trinajstić information content (AvgIpc) is 2.83. The van der Waals surface area contributed by atoms with Gasteiger partial charge >= 0.3 is 0 Å². The van der Waals surface area contributed by atoms with Gasteiger partial charge in [0.05, 0.1) is 11.3 Å². The van der Waals surface area contributed by atoms with Crippen LogP contribution in [0.25, 0.3) is 17.0 Å². The number of hydrogen-bond acceptors (Lipinski definition) is 4. The first-order valence-electron chi connectivity index (χ1n) is 6.16. The monoisotopic (exact) mass is 260 g/mol. The van der Waals surface area contributed by atoms with E-state index in [0.717, 1.165) is 5.56 Å². The topological polar surface area (TPSA) is 101 Å². The van der Waals surface area contributed by atoms with Gasteiger partial charge in [-0.25, -0.2) is 0 Å². The Balaban J connectivity index is 0.000000861. The summed E-state index contributed by atoms with van der Waals surface area (Å²) in [4.78, 5) is 0. The number of H-pyrrole nitrogens is 1. The third-order valence-electron chi connectivity index (χ3n) is 2.47. The number of hydrogen-bond donors (Lipinski definition) is 4. The largest absolute Gasteiger partial charge is 0.505 e. The highest BCUT2D eigenvalue weighted by Crippen LogP contribution is 2.30. The molecular formula is C14H20N4O. The summed E-state index contributed by atoms with van der Waals surface area (Å²) in [5.41, 5.74) is 13.6. The summed E-state index contributed by atoms with van der Waals surface area (Å²) in [6, 6.07) is 9.50. The lowest BCUT2D eigenvalue weighted by atomic mass is 10.1. The Kier molecular flexibility index (Phi) is 5.00. The SMILES string of the molecule is C/C(N)=C(\O)c1c(N)n[nH]c1-c1ccccc1.CC.